The number of amides is 1. The molecule has 1 fully saturated rings. The molecule has 2 atom stereocenters. The predicted octanol–water partition coefficient (Wildman–Crippen LogP) is 1.44. The second-order valence-electron chi connectivity index (χ2n) is 7.10. The molecular formula is C19H23N3O4. The molecule has 0 aliphatic carbocycles. The Morgan fingerprint density at radius 1 is 1.19 bits per heavy atom. The van der Waals surface area contributed by atoms with Crippen LogP contribution in [0.3, 0.4) is 0 Å². The molecule has 1 aliphatic rings. The Hall–Kier alpha value is -2.70. The number of carbonyl (C=O) groups is 2. The van der Waals surface area contributed by atoms with Crippen LogP contribution in [-0.4, -0.2) is 46.0 Å². The second-order valence-corrected chi connectivity index (χ2v) is 7.10. The summed E-state index contributed by atoms with van der Waals surface area (Å²) in [5, 5.41) is 0.440. The van der Waals surface area contributed by atoms with Crippen molar-refractivity contribution >= 4 is 22.8 Å². The Balaban J connectivity index is 1.58. The summed E-state index contributed by atoms with van der Waals surface area (Å²) >= 11 is 0. The minimum atomic E-state index is -0.629. The SMILES string of the molecule is C[C@@H]1C[C@H](C)CN(C(=O)COC(=O)Cn2cnc3ccccc3c2=O)C1. The quantitative estimate of drug-likeness (QED) is 0.774. The second kappa shape index (κ2) is 7.68. The molecule has 0 N–H and O–H groups in total. The van der Waals surface area contributed by atoms with Crippen molar-refractivity contribution < 1.29 is 14.3 Å². The number of carbonyl (C=O) groups excluding carboxylic acids is 2. The number of piperidine rings is 1. The molecule has 1 saturated heterocycles. The maximum atomic E-state index is 12.4. The first-order valence-electron chi connectivity index (χ1n) is 8.81. The molecule has 7 heteroatoms. The topological polar surface area (TPSA) is 81.5 Å². The van der Waals surface area contributed by atoms with Gasteiger partial charge in [0.25, 0.3) is 11.5 Å². The third-order valence-electron chi connectivity index (χ3n) is 4.61. The van der Waals surface area contributed by atoms with E-state index in [9.17, 15) is 14.4 Å². The summed E-state index contributed by atoms with van der Waals surface area (Å²) in [4.78, 5) is 42.6. The Morgan fingerprint density at radius 2 is 1.88 bits per heavy atom. The molecule has 0 saturated carbocycles. The highest BCUT2D eigenvalue weighted by Crippen LogP contribution is 2.20. The van der Waals surface area contributed by atoms with Gasteiger partial charge in [0.2, 0.25) is 0 Å². The van der Waals surface area contributed by atoms with Gasteiger partial charge in [-0.1, -0.05) is 26.0 Å². The maximum Gasteiger partial charge on any atom is 0.326 e. The van der Waals surface area contributed by atoms with E-state index in [0.29, 0.717) is 35.8 Å². The van der Waals surface area contributed by atoms with E-state index in [1.54, 1.807) is 29.2 Å². The zero-order valence-electron chi connectivity index (χ0n) is 15.1. The van der Waals surface area contributed by atoms with Gasteiger partial charge in [0.15, 0.2) is 6.61 Å². The van der Waals surface area contributed by atoms with Crippen LogP contribution in [0.4, 0.5) is 0 Å². The van der Waals surface area contributed by atoms with E-state index in [2.05, 4.69) is 18.8 Å². The molecule has 2 aromatic rings. The summed E-state index contributed by atoms with van der Waals surface area (Å²) in [7, 11) is 0. The third kappa shape index (κ3) is 4.09. The first-order chi connectivity index (χ1) is 12.4. The lowest BCUT2D eigenvalue weighted by Crippen LogP contribution is -2.44. The molecule has 0 radical (unpaired) electrons. The highest BCUT2D eigenvalue weighted by molar-refractivity contribution is 5.81. The predicted molar refractivity (Wildman–Crippen MR) is 96.5 cm³/mol. The van der Waals surface area contributed by atoms with Crippen molar-refractivity contribution in [1.82, 2.24) is 14.5 Å². The average Bonchev–Trinajstić information content (AvgIpc) is 2.61. The highest BCUT2D eigenvalue weighted by Gasteiger charge is 2.26. The lowest BCUT2D eigenvalue weighted by atomic mass is 9.92. The first kappa shape index (κ1) is 18.1. The van der Waals surface area contributed by atoms with Gasteiger partial charge in [0.05, 0.1) is 17.2 Å². The number of esters is 1. The molecule has 7 nitrogen and oxygen atoms in total. The van der Waals surface area contributed by atoms with Crippen LogP contribution in [0.2, 0.25) is 0 Å². The largest absolute Gasteiger partial charge is 0.454 e. The molecule has 2 heterocycles. The van der Waals surface area contributed by atoms with Crippen LogP contribution >= 0.6 is 0 Å². The van der Waals surface area contributed by atoms with E-state index in [-0.39, 0.29) is 24.6 Å². The molecule has 0 bridgehead atoms. The Bertz CT molecular complexity index is 866. The number of rotatable bonds is 4. The van der Waals surface area contributed by atoms with E-state index in [4.69, 9.17) is 4.74 Å². The zero-order chi connectivity index (χ0) is 18.7. The van der Waals surface area contributed by atoms with E-state index < -0.39 is 5.97 Å². The van der Waals surface area contributed by atoms with Gasteiger partial charge in [-0.2, -0.15) is 0 Å². The summed E-state index contributed by atoms with van der Waals surface area (Å²) in [6.45, 7) is 5.04. The molecular weight excluding hydrogens is 334 g/mol. The maximum absolute atomic E-state index is 12.4. The van der Waals surface area contributed by atoms with Gasteiger partial charge < -0.3 is 9.64 Å². The van der Waals surface area contributed by atoms with Crippen molar-refractivity contribution in [2.45, 2.75) is 26.8 Å². The Kier molecular flexibility index (Phi) is 5.35. The monoisotopic (exact) mass is 357 g/mol. The standard InChI is InChI=1S/C19H23N3O4/c1-13-7-14(2)9-21(8-13)17(23)11-26-18(24)10-22-12-20-16-6-4-3-5-15(16)19(22)25/h3-6,12-14H,7-11H2,1-2H3/t13-,14+. The number of nitrogens with zero attached hydrogens (tertiary/aromatic N) is 3. The molecule has 1 aliphatic heterocycles. The average molecular weight is 357 g/mol. The van der Waals surface area contributed by atoms with Crippen LogP contribution in [0.5, 0.6) is 0 Å². The lowest BCUT2D eigenvalue weighted by Gasteiger charge is -2.34. The summed E-state index contributed by atoms with van der Waals surface area (Å²) in [6.07, 6.45) is 2.42. The number of likely N-dealkylation sites (tertiary alicyclic amines) is 1. The lowest BCUT2D eigenvalue weighted by molar-refractivity contribution is -0.153. The fourth-order valence-electron chi connectivity index (χ4n) is 3.50. The van der Waals surface area contributed by atoms with Gasteiger partial charge in [-0.05, 0) is 30.4 Å². The van der Waals surface area contributed by atoms with Crippen molar-refractivity contribution in [1.29, 1.82) is 0 Å². The summed E-state index contributed by atoms with van der Waals surface area (Å²) in [5.41, 5.74) is 0.267. The van der Waals surface area contributed by atoms with Crippen LogP contribution in [0.25, 0.3) is 10.9 Å². The van der Waals surface area contributed by atoms with Gasteiger partial charge >= 0.3 is 5.97 Å². The summed E-state index contributed by atoms with van der Waals surface area (Å²) < 4.78 is 6.28. The Morgan fingerprint density at radius 3 is 2.62 bits per heavy atom. The van der Waals surface area contributed by atoms with Gasteiger partial charge in [-0.25, -0.2) is 4.98 Å². The number of benzene rings is 1. The van der Waals surface area contributed by atoms with E-state index in [1.165, 1.54) is 10.9 Å². The number of ether oxygens (including phenoxy) is 1. The molecule has 1 aromatic carbocycles. The smallest absolute Gasteiger partial charge is 0.326 e. The minimum absolute atomic E-state index is 0.194. The van der Waals surface area contributed by atoms with Crippen molar-refractivity contribution in [2.24, 2.45) is 11.8 Å². The van der Waals surface area contributed by atoms with Crippen molar-refractivity contribution in [3.63, 3.8) is 0 Å². The van der Waals surface area contributed by atoms with Gasteiger partial charge in [0.1, 0.15) is 6.54 Å². The Labute approximate surface area is 151 Å². The normalized spacial score (nSPS) is 20.2. The van der Waals surface area contributed by atoms with Gasteiger partial charge in [-0.3, -0.25) is 19.0 Å². The molecule has 1 amide bonds. The van der Waals surface area contributed by atoms with Crippen LogP contribution < -0.4 is 5.56 Å². The summed E-state index contributed by atoms with van der Waals surface area (Å²) in [6, 6.07) is 6.93. The molecule has 26 heavy (non-hydrogen) atoms. The van der Waals surface area contributed by atoms with Crippen molar-refractivity contribution in [2.75, 3.05) is 19.7 Å². The van der Waals surface area contributed by atoms with E-state index in [1.807, 2.05) is 0 Å². The highest BCUT2D eigenvalue weighted by atomic mass is 16.5. The van der Waals surface area contributed by atoms with E-state index in [0.717, 1.165) is 6.42 Å². The van der Waals surface area contributed by atoms with Crippen molar-refractivity contribution in [3.05, 3.63) is 40.9 Å². The van der Waals surface area contributed by atoms with Crippen LogP contribution in [0, 0.1) is 11.8 Å². The number of aromatic nitrogens is 2. The molecule has 138 valence electrons. The number of para-hydroxylation sites is 1. The zero-order valence-corrected chi connectivity index (χ0v) is 15.1. The molecule has 0 spiro atoms. The first-order valence-corrected chi connectivity index (χ1v) is 8.81. The summed E-state index contributed by atoms with van der Waals surface area (Å²) in [5.74, 6) is 0.0673. The minimum Gasteiger partial charge on any atom is -0.454 e. The molecule has 1 aromatic heterocycles. The van der Waals surface area contributed by atoms with Crippen molar-refractivity contribution in [3.8, 4) is 0 Å². The van der Waals surface area contributed by atoms with Gasteiger partial charge in [-0.15, -0.1) is 0 Å². The number of fused-ring (bicyclic) bond motifs is 1. The fourth-order valence-corrected chi connectivity index (χ4v) is 3.50. The molecule has 3 rings (SSSR count). The van der Waals surface area contributed by atoms with Crippen LogP contribution in [0.1, 0.15) is 20.3 Å². The van der Waals surface area contributed by atoms with Gasteiger partial charge in [0, 0.05) is 13.1 Å². The van der Waals surface area contributed by atoms with E-state index >= 15 is 0 Å². The van der Waals surface area contributed by atoms with Crippen LogP contribution in [-0.2, 0) is 20.9 Å². The number of hydrogen-bond donors (Lipinski definition) is 0. The molecule has 0 unspecified atom stereocenters. The fraction of sp³-hybridized carbons (Fsp3) is 0.474. The number of hydrogen-bond acceptors (Lipinski definition) is 5. The third-order valence-corrected chi connectivity index (χ3v) is 4.61. The van der Waals surface area contributed by atoms with Crippen LogP contribution in [0.15, 0.2) is 35.4 Å².